The lowest BCUT2D eigenvalue weighted by Crippen LogP contribution is -2.26. The van der Waals surface area contributed by atoms with E-state index in [1.807, 2.05) is 36.4 Å². The Bertz CT molecular complexity index is 1200. The van der Waals surface area contributed by atoms with Crippen LogP contribution in [0.4, 0.5) is 4.79 Å². The number of benzene rings is 2. The lowest BCUT2D eigenvalue weighted by Gasteiger charge is -2.11. The molecule has 7 heteroatoms. The summed E-state index contributed by atoms with van der Waals surface area (Å²) >= 11 is 0. The molecule has 32 heavy (non-hydrogen) atoms. The number of nitrogens with one attached hydrogen (secondary N) is 1. The highest BCUT2D eigenvalue weighted by Crippen LogP contribution is 2.33. The van der Waals surface area contributed by atoms with Gasteiger partial charge >= 0.3 is 17.7 Å². The van der Waals surface area contributed by atoms with E-state index in [-0.39, 0.29) is 18.7 Å². The fourth-order valence-electron chi connectivity index (χ4n) is 3.94. The van der Waals surface area contributed by atoms with Gasteiger partial charge in [-0.05, 0) is 55.9 Å². The second kappa shape index (κ2) is 9.68. The molecule has 0 fully saturated rings. The number of amides is 1. The molecule has 0 atom stereocenters. The zero-order valence-electron chi connectivity index (χ0n) is 17.9. The normalized spacial score (nSPS) is 12.4. The van der Waals surface area contributed by atoms with Gasteiger partial charge in [0.1, 0.15) is 17.9 Å². The zero-order chi connectivity index (χ0) is 22.5. The molecule has 3 aromatic rings. The van der Waals surface area contributed by atoms with Crippen LogP contribution in [0.5, 0.6) is 5.75 Å². The quantitative estimate of drug-likeness (QED) is 0.259. The monoisotopic (exact) mass is 435 g/mol. The average molecular weight is 435 g/mol. The van der Waals surface area contributed by atoms with Gasteiger partial charge in [0.25, 0.3) is 0 Å². The van der Waals surface area contributed by atoms with E-state index in [2.05, 4.69) is 5.32 Å². The standard InChI is InChI=1S/C25H25NO6/c1-16-21(13-12-19-18-9-5-10-20(18)24(28)32-23(16)19)31-22(27)11-6-14-26-25(29)30-15-17-7-3-2-4-8-17/h2-4,7-8,12-13H,5-6,9-11,14-15H2,1H3,(H,26,29). The molecule has 0 unspecified atom stereocenters. The lowest BCUT2D eigenvalue weighted by molar-refractivity contribution is -0.134. The Hall–Kier alpha value is -3.61. The molecule has 1 heterocycles. The first-order valence-electron chi connectivity index (χ1n) is 10.8. The summed E-state index contributed by atoms with van der Waals surface area (Å²) in [4.78, 5) is 36.2. The van der Waals surface area contributed by atoms with Crippen molar-refractivity contribution >= 4 is 23.0 Å². The van der Waals surface area contributed by atoms with Gasteiger partial charge in [-0.25, -0.2) is 9.59 Å². The first-order valence-corrected chi connectivity index (χ1v) is 10.8. The maximum absolute atomic E-state index is 12.3. The van der Waals surface area contributed by atoms with Crippen molar-refractivity contribution in [2.45, 2.75) is 45.6 Å². The van der Waals surface area contributed by atoms with Gasteiger partial charge in [0.15, 0.2) is 0 Å². The molecule has 4 rings (SSSR count). The molecule has 1 aromatic heterocycles. The Morgan fingerprint density at radius 3 is 2.66 bits per heavy atom. The van der Waals surface area contributed by atoms with Crippen LogP contribution >= 0.6 is 0 Å². The third-order valence-electron chi connectivity index (χ3n) is 5.60. The van der Waals surface area contributed by atoms with Crippen LogP contribution in [-0.4, -0.2) is 18.6 Å². The van der Waals surface area contributed by atoms with Gasteiger partial charge in [0.05, 0.1) is 0 Å². The second-order valence-electron chi connectivity index (χ2n) is 7.83. The van der Waals surface area contributed by atoms with Crippen molar-refractivity contribution in [2.75, 3.05) is 6.54 Å². The summed E-state index contributed by atoms with van der Waals surface area (Å²) < 4.78 is 16.1. The summed E-state index contributed by atoms with van der Waals surface area (Å²) in [5.74, 6) is -0.0470. The highest BCUT2D eigenvalue weighted by Gasteiger charge is 2.21. The third kappa shape index (κ3) is 4.82. The largest absolute Gasteiger partial charge is 0.445 e. The van der Waals surface area contributed by atoms with Crippen LogP contribution in [0.1, 0.15) is 41.5 Å². The van der Waals surface area contributed by atoms with Crippen LogP contribution in [0, 0.1) is 6.92 Å². The molecule has 1 N–H and O–H groups in total. The molecule has 1 amide bonds. The molecule has 0 bridgehead atoms. The van der Waals surface area contributed by atoms with Gasteiger partial charge in [-0.15, -0.1) is 0 Å². The number of ether oxygens (including phenoxy) is 2. The van der Waals surface area contributed by atoms with E-state index < -0.39 is 12.1 Å². The molecule has 0 spiro atoms. The number of hydrogen-bond acceptors (Lipinski definition) is 6. The Balaban J connectivity index is 1.27. The van der Waals surface area contributed by atoms with Gasteiger partial charge in [0, 0.05) is 29.5 Å². The fourth-order valence-corrected chi connectivity index (χ4v) is 3.94. The predicted molar refractivity (Wildman–Crippen MR) is 119 cm³/mol. The highest BCUT2D eigenvalue weighted by molar-refractivity contribution is 5.87. The highest BCUT2D eigenvalue weighted by atomic mass is 16.5. The topological polar surface area (TPSA) is 94.8 Å². The van der Waals surface area contributed by atoms with Crippen molar-refractivity contribution in [3.8, 4) is 5.75 Å². The number of fused-ring (bicyclic) bond motifs is 3. The van der Waals surface area contributed by atoms with E-state index in [1.54, 1.807) is 13.0 Å². The minimum atomic E-state index is -0.532. The minimum absolute atomic E-state index is 0.130. The van der Waals surface area contributed by atoms with E-state index >= 15 is 0 Å². The first-order chi connectivity index (χ1) is 15.5. The molecule has 1 aliphatic carbocycles. The van der Waals surface area contributed by atoms with Crippen LogP contribution in [0.15, 0.2) is 51.7 Å². The molecule has 0 saturated heterocycles. The Labute approximate surface area is 185 Å². The van der Waals surface area contributed by atoms with Crippen LogP contribution in [0.25, 0.3) is 11.0 Å². The fraction of sp³-hybridized carbons (Fsp3) is 0.320. The molecular weight excluding hydrogens is 410 g/mol. The van der Waals surface area contributed by atoms with Crippen molar-refractivity contribution in [3.05, 3.63) is 75.1 Å². The number of hydrogen-bond donors (Lipinski definition) is 1. The van der Waals surface area contributed by atoms with Crippen LogP contribution in [-0.2, 0) is 29.0 Å². The summed E-state index contributed by atoms with van der Waals surface area (Å²) in [7, 11) is 0. The molecule has 0 aliphatic heterocycles. The van der Waals surface area contributed by atoms with E-state index in [0.29, 0.717) is 29.9 Å². The predicted octanol–water partition coefficient (Wildman–Crippen LogP) is 4.20. The van der Waals surface area contributed by atoms with E-state index in [9.17, 15) is 14.4 Å². The Morgan fingerprint density at radius 2 is 1.84 bits per heavy atom. The van der Waals surface area contributed by atoms with E-state index in [0.717, 1.165) is 41.3 Å². The molecular formula is C25H25NO6. The maximum Gasteiger partial charge on any atom is 0.407 e. The molecule has 0 saturated carbocycles. The number of carbonyl (C=O) groups excluding carboxylic acids is 2. The summed E-state index contributed by atoms with van der Waals surface area (Å²) in [6.45, 7) is 2.26. The number of rotatable bonds is 7. The molecule has 7 nitrogen and oxygen atoms in total. The Kier molecular flexibility index (Phi) is 6.54. The summed E-state index contributed by atoms with van der Waals surface area (Å²) in [6, 6.07) is 13.0. The van der Waals surface area contributed by atoms with Gasteiger partial charge in [-0.1, -0.05) is 30.3 Å². The van der Waals surface area contributed by atoms with Crippen LogP contribution in [0.3, 0.4) is 0 Å². The van der Waals surface area contributed by atoms with Gasteiger partial charge in [-0.3, -0.25) is 4.79 Å². The lowest BCUT2D eigenvalue weighted by atomic mass is 10.0. The average Bonchev–Trinajstić information content (AvgIpc) is 3.29. The van der Waals surface area contributed by atoms with Crippen LogP contribution < -0.4 is 15.7 Å². The SMILES string of the molecule is Cc1c(OC(=O)CCCNC(=O)OCc2ccccc2)ccc2c3c(c(=O)oc12)CCC3. The molecule has 166 valence electrons. The molecule has 2 aromatic carbocycles. The van der Waals surface area contributed by atoms with Crippen LogP contribution in [0.2, 0.25) is 0 Å². The Morgan fingerprint density at radius 1 is 1.06 bits per heavy atom. The van der Waals surface area contributed by atoms with Gasteiger partial charge in [0.2, 0.25) is 0 Å². The van der Waals surface area contributed by atoms with Crippen molar-refractivity contribution in [2.24, 2.45) is 0 Å². The molecule has 0 radical (unpaired) electrons. The van der Waals surface area contributed by atoms with Crippen molar-refractivity contribution < 1.29 is 23.5 Å². The summed E-state index contributed by atoms with van der Waals surface area (Å²) in [6.07, 6.45) is 2.56. The minimum Gasteiger partial charge on any atom is -0.445 e. The first kappa shape index (κ1) is 21.6. The number of esters is 1. The van der Waals surface area contributed by atoms with Gasteiger partial charge < -0.3 is 19.2 Å². The number of alkyl carbamates (subject to hydrolysis) is 1. The second-order valence-corrected chi connectivity index (χ2v) is 7.83. The van der Waals surface area contributed by atoms with Crippen molar-refractivity contribution in [1.29, 1.82) is 0 Å². The summed E-state index contributed by atoms with van der Waals surface area (Å²) in [5, 5.41) is 3.53. The number of aryl methyl sites for hydroxylation is 2. The zero-order valence-corrected chi connectivity index (χ0v) is 17.9. The van der Waals surface area contributed by atoms with Gasteiger partial charge in [-0.2, -0.15) is 0 Å². The van der Waals surface area contributed by atoms with E-state index in [4.69, 9.17) is 13.9 Å². The van der Waals surface area contributed by atoms with E-state index in [1.165, 1.54) is 0 Å². The third-order valence-corrected chi connectivity index (χ3v) is 5.60. The summed E-state index contributed by atoms with van der Waals surface area (Å²) in [5.41, 5.74) is 3.51. The smallest absolute Gasteiger partial charge is 0.407 e. The maximum atomic E-state index is 12.3. The van der Waals surface area contributed by atoms with Crippen molar-refractivity contribution in [3.63, 3.8) is 0 Å². The number of carbonyl (C=O) groups is 2. The molecule has 1 aliphatic rings. The van der Waals surface area contributed by atoms with Crippen molar-refractivity contribution in [1.82, 2.24) is 5.32 Å².